The van der Waals surface area contributed by atoms with E-state index >= 15 is 0 Å². The van der Waals surface area contributed by atoms with Crippen LogP contribution in [0, 0.1) is 0 Å². The summed E-state index contributed by atoms with van der Waals surface area (Å²) in [5, 5.41) is 5.50. The van der Waals surface area contributed by atoms with Crippen LogP contribution < -0.4 is 0 Å². The molecule has 0 aliphatic heterocycles. The summed E-state index contributed by atoms with van der Waals surface area (Å²) < 4.78 is 39.9. The zero-order valence-electron chi connectivity index (χ0n) is 9.11. The molecule has 3 heterocycles. The highest BCUT2D eigenvalue weighted by Crippen LogP contribution is 2.35. The Kier molecular flexibility index (Phi) is 2.49. The fraction of sp³-hybridized carbons (Fsp3) is 0.100. The maximum Gasteiger partial charge on any atom is 0.433 e. The molecule has 5 nitrogen and oxygen atoms in total. The lowest BCUT2D eigenvalue weighted by Crippen LogP contribution is -2.07. The van der Waals surface area contributed by atoms with Crippen LogP contribution in [-0.2, 0) is 6.18 Å². The molecule has 3 aromatic rings. The number of hydrogen-bond donors (Lipinski definition) is 1. The monoisotopic (exact) mass is 287 g/mol. The zero-order valence-corrected chi connectivity index (χ0v) is 9.87. The van der Waals surface area contributed by atoms with E-state index in [2.05, 4.69) is 15.1 Å². The van der Waals surface area contributed by atoms with E-state index in [0.717, 1.165) is 6.20 Å². The van der Waals surface area contributed by atoms with Crippen molar-refractivity contribution in [2.24, 2.45) is 0 Å². The van der Waals surface area contributed by atoms with Crippen LogP contribution in [-0.4, -0.2) is 24.6 Å². The number of fused-ring (bicyclic) bond motifs is 1. The molecule has 0 amide bonds. The van der Waals surface area contributed by atoms with E-state index in [-0.39, 0.29) is 22.1 Å². The topological polar surface area (TPSA) is 58.9 Å². The van der Waals surface area contributed by atoms with Crippen molar-refractivity contribution in [3.8, 4) is 11.3 Å². The fourth-order valence-corrected chi connectivity index (χ4v) is 1.98. The van der Waals surface area contributed by atoms with E-state index < -0.39 is 11.9 Å². The Morgan fingerprint density at radius 1 is 1.21 bits per heavy atom. The smallest absolute Gasteiger partial charge is 0.295 e. The van der Waals surface area contributed by atoms with Crippen molar-refractivity contribution >= 4 is 17.2 Å². The van der Waals surface area contributed by atoms with E-state index in [1.54, 1.807) is 0 Å². The van der Waals surface area contributed by atoms with Crippen molar-refractivity contribution in [2.75, 3.05) is 0 Å². The van der Waals surface area contributed by atoms with Crippen LogP contribution in [0.4, 0.5) is 13.2 Å². The van der Waals surface area contributed by atoms with Gasteiger partial charge in [-0.3, -0.25) is 9.50 Å². The van der Waals surface area contributed by atoms with Crippen molar-refractivity contribution in [3.05, 3.63) is 35.6 Å². The summed E-state index contributed by atoms with van der Waals surface area (Å²) in [7, 11) is 0. The molecular weight excluding hydrogens is 283 g/mol. The van der Waals surface area contributed by atoms with E-state index in [9.17, 15) is 13.2 Å². The number of imidazole rings is 1. The van der Waals surface area contributed by atoms with Gasteiger partial charge in [-0.1, -0.05) is 11.6 Å². The second-order valence-corrected chi connectivity index (χ2v) is 4.07. The molecule has 0 bridgehead atoms. The third-order valence-corrected chi connectivity index (χ3v) is 2.85. The van der Waals surface area contributed by atoms with Gasteiger partial charge in [-0.05, 0) is 0 Å². The summed E-state index contributed by atoms with van der Waals surface area (Å²) in [5.41, 5.74) is -0.502. The largest absolute Gasteiger partial charge is 0.433 e. The van der Waals surface area contributed by atoms with E-state index in [0.29, 0.717) is 0 Å². The Morgan fingerprint density at radius 2 is 2.00 bits per heavy atom. The van der Waals surface area contributed by atoms with Gasteiger partial charge in [0.2, 0.25) is 0 Å². The van der Waals surface area contributed by atoms with Crippen molar-refractivity contribution in [1.29, 1.82) is 0 Å². The van der Waals surface area contributed by atoms with E-state index in [4.69, 9.17) is 11.6 Å². The Labute approximate surface area is 109 Å². The highest BCUT2D eigenvalue weighted by molar-refractivity contribution is 6.32. The lowest BCUT2D eigenvalue weighted by atomic mass is 10.2. The number of H-pyrrole nitrogens is 1. The van der Waals surface area contributed by atoms with Crippen LogP contribution in [0.2, 0.25) is 5.15 Å². The van der Waals surface area contributed by atoms with Gasteiger partial charge in [0, 0.05) is 12.4 Å². The molecule has 0 aliphatic carbocycles. The number of aromatic nitrogens is 5. The molecule has 0 fully saturated rings. The number of rotatable bonds is 1. The maximum absolute atomic E-state index is 12.8. The molecule has 0 saturated carbocycles. The summed E-state index contributed by atoms with van der Waals surface area (Å²) in [6.45, 7) is 0. The normalized spacial score (nSPS) is 12.2. The fourth-order valence-electron chi connectivity index (χ4n) is 1.78. The SMILES string of the molecule is FC(F)(F)c1[nH]ncc1-c1cnc2c(Cl)nccn12. The van der Waals surface area contributed by atoms with Crippen LogP contribution >= 0.6 is 11.6 Å². The van der Waals surface area contributed by atoms with Gasteiger partial charge in [0.15, 0.2) is 10.8 Å². The van der Waals surface area contributed by atoms with Crippen molar-refractivity contribution < 1.29 is 13.2 Å². The average molecular weight is 288 g/mol. The Balaban J connectivity index is 2.27. The molecule has 0 aliphatic rings. The average Bonchev–Trinajstić information content (AvgIpc) is 2.93. The molecule has 9 heteroatoms. The minimum Gasteiger partial charge on any atom is -0.295 e. The second-order valence-electron chi connectivity index (χ2n) is 3.71. The molecule has 0 saturated heterocycles. The number of hydrogen-bond acceptors (Lipinski definition) is 3. The number of aromatic amines is 1. The predicted octanol–water partition coefficient (Wildman–Crippen LogP) is 2.79. The number of halogens is 4. The van der Waals surface area contributed by atoms with E-state index in [1.807, 2.05) is 5.10 Å². The minimum absolute atomic E-state index is 0.0951. The Hall–Kier alpha value is -2.09. The highest BCUT2D eigenvalue weighted by Gasteiger charge is 2.36. The summed E-state index contributed by atoms with van der Waals surface area (Å²) in [4.78, 5) is 7.77. The summed E-state index contributed by atoms with van der Waals surface area (Å²) in [6, 6.07) is 0. The van der Waals surface area contributed by atoms with Crippen LogP contribution in [0.25, 0.3) is 16.9 Å². The van der Waals surface area contributed by atoms with Crippen LogP contribution in [0.5, 0.6) is 0 Å². The van der Waals surface area contributed by atoms with Gasteiger partial charge in [-0.25, -0.2) is 9.97 Å². The van der Waals surface area contributed by atoms with E-state index in [1.165, 1.54) is 23.0 Å². The Bertz CT molecular complexity index is 745. The van der Waals surface area contributed by atoms with Crippen LogP contribution in [0.15, 0.2) is 24.8 Å². The zero-order chi connectivity index (χ0) is 13.6. The molecule has 19 heavy (non-hydrogen) atoms. The highest BCUT2D eigenvalue weighted by atomic mass is 35.5. The van der Waals surface area contributed by atoms with Gasteiger partial charge in [-0.2, -0.15) is 18.3 Å². The van der Waals surface area contributed by atoms with Gasteiger partial charge in [0.05, 0.1) is 23.7 Å². The minimum atomic E-state index is -4.52. The summed E-state index contributed by atoms with van der Waals surface area (Å²) in [5.74, 6) is 0. The molecule has 98 valence electrons. The number of alkyl halides is 3. The first-order valence-electron chi connectivity index (χ1n) is 5.07. The third-order valence-electron chi connectivity index (χ3n) is 2.58. The van der Waals surface area contributed by atoms with Gasteiger partial charge in [0.1, 0.15) is 5.69 Å². The number of nitrogens with zero attached hydrogens (tertiary/aromatic N) is 4. The first kappa shape index (κ1) is 12.0. The van der Waals surface area contributed by atoms with Crippen molar-refractivity contribution in [3.63, 3.8) is 0 Å². The first-order chi connectivity index (χ1) is 8.98. The van der Waals surface area contributed by atoms with Crippen molar-refractivity contribution in [1.82, 2.24) is 24.6 Å². The summed E-state index contributed by atoms with van der Waals surface area (Å²) in [6.07, 6.45) is 0.737. The molecular formula is C10H5ClF3N5. The predicted molar refractivity (Wildman–Crippen MR) is 60.6 cm³/mol. The number of nitrogens with one attached hydrogen (secondary N) is 1. The van der Waals surface area contributed by atoms with Crippen LogP contribution in [0.1, 0.15) is 5.69 Å². The maximum atomic E-state index is 12.8. The quantitative estimate of drug-likeness (QED) is 0.749. The lowest BCUT2D eigenvalue weighted by molar-refractivity contribution is -0.140. The Morgan fingerprint density at radius 3 is 2.74 bits per heavy atom. The van der Waals surface area contributed by atoms with Gasteiger partial charge in [0.25, 0.3) is 0 Å². The van der Waals surface area contributed by atoms with Gasteiger partial charge >= 0.3 is 6.18 Å². The third kappa shape index (κ3) is 1.84. The molecule has 0 radical (unpaired) electrons. The molecule has 1 N–H and O–H groups in total. The second kappa shape index (κ2) is 3.95. The molecule has 0 atom stereocenters. The summed E-state index contributed by atoms with van der Waals surface area (Å²) >= 11 is 5.82. The standard InChI is InChI=1S/C10H5ClF3N5/c11-8-9-16-4-6(19(9)2-1-15-8)5-3-17-18-7(5)10(12,13)14/h1-4H,(H,17,18). The molecule has 0 aromatic carbocycles. The van der Waals surface area contributed by atoms with Crippen molar-refractivity contribution in [2.45, 2.75) is 6.18 Å². The molecule has 0 spiro atoms. The van der Waals surface area contributed by atoms with Crippen LogP contribution in [0.3, 0.4) is 0 Å². The first-order valence-corrected chi connectivity index (χ1v) is 5.45. The van der Waals surface area contributed by atoms with Gasteiger partial charge in [-0.15, -0.1) is 0 Å². The molecule has 3 aromatic heterocycles. The lowest BCUT2D eigenvalue weighted by Gasteiger charge is -2.06. The molecule has 0 unspecified atom stereocenters. The van der Waals surface area contributed by atoms with Gasteiger partial charge < -0.3 is 0 Å². The molecule has 3 rings (SSSR count).